The monoisotopic (exact) mass is 353 g/mol. The Morgan fingerprint density at radius 3 is 2.39 bits per heavy atom. The molecule has 2 N–H and O–H groups in total. The van der Waals surface area contributed by atoms with Crippen molar-refractivity contribution < 1.29 is 13.2 Å². The molecule has 0 aromatic carbocycles. The number of hydrogen-bond acceptors (Lipinski definition) is 7. The Morgan fingerprint density at radius 2 is 1.78 bits per heavy atom. The minimum absolute atomic E-state index is 0.0985. The van der Waals surface area contributed by atoms with E-state index in [1.807, 2.05) is 0 Å². The van der Waals surface area contributed by atoms with Gasteiger partial charge in [0, 0.05) is 16.8 Å². The molecule has 0 radical (unpaired) electrons. The van der Waals surface area contributed by atoms with E-state index in [0.717, 1.165) is 16.7 Å². The van der Waals surface area contributed by atoms with Crippen molar-refractivity contribution in [3.8, 4) is 33.9 Å². The number of rotatable bonds is 2. The molecule has 0 saturated heterocycles. The maximum absolute atomic E-state index is 12.6. The highest BCUT2D eigenvalue weighted by Gasteiger charge is 2.34. The van der Waals surface area contributed by atoms with Crippen LogP contribution in [0.2, 0.25) is 0 Å². The lowest BCUT2D eigenvalue weighted by Gasteiger charge is -2.02. The number of nitrogens with two attached hydrogens (primary N) is 1. The average Bonchev–Trinajstić information content (AvgIpc) is 3.15. The van der Waals surface area contributed by atoms with Crippen molar-refractivity contribution in [2.45, 2.75) is 6.18 Å². The summed E-state index contributed by atoms with van der Waals surface area (Å²) in [6.45, 7) is 0. The summed E-state index contributed by atoms with van der Waals surface area (Å²) in [5, 5.41) is 3.10. The predicted molar refractivity (Wildman–Crippen MR) is 81.6 cm³/mol. The summed E-state index contributed by atoms with van der Waals surface area (Å²) in [5.74, 6) is 2.67. The standard InChI is InChI=1S/C13H6F3N5S2/c1-2-6-4-22-12(18-6)10-19-7(3-9(17)21-10)11-20-8(5-23-11)13(14,15)16/h1,3-5H,(H2,17,19,21). The molecule has 0 aliphatic carbocycles. The molecular formula is C13H6F3N5S2. The van der Waals surface area contributed by atoms with Crippen molar-refractivity contribution in [2.75, 3.05) is 5.73 Å². The van der Waals surface area contributed by atoms with E-state index in [4.69, 9.17) is 12.2 Å². The van der Waals surface area contributed by atoms with E-state index in [9.17, 15) is 13.2 Å². The lowest BCUT2D eigenvalue weighted by molar-refractivity contribution is -0.140. The third-order valence-electron chi connectivity index (χ3n) is 2.60. The molecule has 23 heavy (non-hydrogen) atoms. The van der Waals surface area contributed by atoms with Crippen LogP contribution in [-0.4, -0.2) is 19.9 Å². The van der Waals surface area contributed by atoms with Gasteiger partial charge in [-0.25, -0.2) is 19.9 Å². The van der Waals surface area contributed by atoms with Gasteiger partial charge >= 0.3 is 6.18 Å². The third kappa shape index (κ3) is 3.15. The van der Waals surface area contributed by atoms with Crippen LogP contribution < -0.4 is 5.73 Å². The molecule has 10 heteroatoms. The van der Waals surface area contributed by atoms with Gasteiger partial charge in [-0.15, -0.1) is 29.1 Å². The molecule has 3 heterocycles. The summed E-state index contributed by atoms with van der Waals surface area (Å²) in [6.07, 6.45) is 0.743. The minimum atomic E-state index is -4.51. The number of anilines is 1. The van der Waals surface area contributed by atoms with Gasteiger partial charge in [-0.05, 0) is 5.92 Å². The van der Waals surface area contributed by atoms with Crippen LogP contribution >= 0.6 is 22.7 Å². The Kier molecular flexibility index (Phi) is 3.75. The fourth-order valence-corrected chi connectivity index (χ4v) is 3.11. The van der Waals surface area contributed by atoms with Crippen molar-refractivity contribution in [2.24, 2.45) is 0 Å². The first-order valence-corrected chi connectivity index (χ1v) is 7.73. The van der Waals surface area contributed by atoms with Gasteiger partial charge in [-0.1, -0.05) is 0 Å². The van der Waals surface area contributed by atoms with E-state index in [0.29, 0.717) is 10.7 Å². The molecule has 0 saturated carbocycles. The summed E-state index contributed by atoms with van der Waals surface area (Å²) < 4.78 is 37.9. The van der Waals surface area contributed by atoms with E-state index in [1.165, 1.54) is 17.4 Å². The van der Waals surface area contributed by atoms with E-state index in [1.54, 1.807) is 5.38 Å². The van der Waals surface area contributed by atoms with E-state index < -0.39 is 11.9 Å². The van der Waals surface area contributed by atoms with Crippen molar-refractivity contribution in [1.29, 1.82) is 0 Å². The highest BCUT2D eigenvalue weighted by Crippen LogP contribution is 2.34. The summed E-state index contributed by atoms with van der Waals surface area (Å²) >= 11 is 2.04. The second-order valence-electron chi connectivity index (χ2n) is 4.22. The molecule has 3 aromatic rings. The van der Waals surface area contributed by atoms with Crippen LogP contribution in [-0.2, 0) is 6.18 Å². The van der Waals surface area contributed by atoms with Gasteiger partial charge in [-0.3, -0.25) is 0 Å². The Hall–Kier alpha value is -2.51. The lowest BCUT2D eigenvalue weighted by atomic mass is 10.4. The minimum Gasteiger partial charge on any atom is -0.384 e. The van der Waals surface area contributed by atoms with Crippen LogP contribution in [0.15, 0.2) is 16.8 Å². The first-order chi connectivity index (χ1) is 10.9. The Balaban J connectivity index is 2.04. The summed E-state index contributed by atoms with van der Waals surface area (Å²) in [7, 11) is 0. The van der Waals surface area contributed by atoms with Crippen LogP contribution in [0.1, 0.15) is 11.4 Å². The predicted octanol–water partition coefficient (Wildman–Crippen LogP) is 3.31. The summed E-state index contributed by atoms with van der Waals surface area (Å²) in [5.41, 5.74) is 5.36. The molecule has 0 fully saturated rings. The van der Waals surface area contributed by atoms with Crippen molar-refractivity contribution in [3.05, 3.63) is 28.2 Å². The zero-order valence-corrected chi connectivity index (χ0v) is 12.8. The molecule has 5 nitrogen and oxygen atoms in total. The third-order valence-corrected chi connectivity index (χ3v) is 4.31. The molecule has 0 spiro atoms. The number of halogens is 3. The number of thiazole rings is 2. The molecule has 0 amide bonds. The van der Waals surface area contributed by atoms with Crippen molar-refractivity contribution >= 4 is 28.5 Å². The molecule has 3 rings (SSSR count). The molecule has 3 aromatic heterocycles. The van der Waals surface area contributed by atoms with Gasteiger partial charge in [0.25, 0.3) is 0 Å². The maximum Gasteiger partial charge on any atom is 0.434 e. The molecule has 0 atom stereocenters. The van der Waals surface area contributed by atoms with Crippen LogP contribution in [0.3, 0.4) is 0 Å². The molecule has 0 aliphatic heterocycles. The average molecular weight is 353 g/mol. The van der Waals surface area contributed by atoms with Crippen LogP contribution in [0.5, 0.6) is 0 Å². The molecule has 0 aliphatic rings. The molecule has 0 bridgehead atoms. The fraction of sp³-hybridized carbons (Fsp3) is 0.0769. The van der Waals surface area contributed by atoms with E-state index in [2.05, 4.69) is 25.9 Å². The molecule has 0 unspecified atom stereocenters. The highest BCUT2D eigenvalue weighted by atomic mass is 32.1. The SMILES string of the molecule is C#Cc1csc(-c2nc(N)cc(-c3nc(C(F)(F)F)cs3)n2)n1. The lowest BCUT2D eigenvalue weighted by Crippen LogP contribution is -2.05. The normalized spacial score (nSPS) is 11.4. The Morgan fingerprint density at radius 1 is 1.04 bits per heavy atom. The number of terminal acetylenes is 1. The Labute approximate surface area is 136 Å². The van der Waals surface area contributed by atoms with Crippen LogP contribution in [0, 0.1) is 12.3 Å². The second-order valence-corrected chi connectivity index (χ2v) is 5.94. The number of nitrogen functional groups attached to an aromatic ring is 1. The molecule has 116 valence electrons. The van der Waals surface area contributed by atoms with Gasteiger partial charge in [0.1, 0.15) is 22.2 Å². The van der Waals surface area contributed by atoms with Gasteiger partial charge in [0.05, 0.1) is 0 Å². The smallest absolute Gasteiger partial charge is 0.384 e. The quantitative estimate of drug-likeness (QED) is 0.715. The van der Waals surface area contributed by atoms with Gasteiger partial charge in [0.2, 0.25) is 0 Å². The van der Waals surface area contributed by atoms with Crippen LogP contribution in [0.25, 0.3) is 21.5 Å². The Bertz CT molecular complexity index is 907. The zero-order valence-electron chi connectivity index (χ0n) is 11.1. The maximum atomic E-state index is 12.6. The topological polar surface area (TPSA) is 77.6 Å². The first-order valence-electron chi connectivity index (χ1n) is 5.97. The highest BCUT2D eigenvalue weighted by molar-refractivity contribution is 7.13. The van der Waals surface area contributed by atoms with Gasteiger partial charge in [0.15, 0.2) is 16.5 Å². The van der Waals surface area contributed by atoms with E-state index in [-0.39, 0.29) is 22.3 Å². The fourth-order valence-electron chi connectivity index (χ4n) is 1.64. The molecular weight excluding hydrogens is 347 g/mol. The van der Waals surface area contributed by atoms with Crippen LogP contribution in [0.4, 0.5) is 19.0 Å². The number of nitrogens with zero attached hydrogens (tertiary/aromatic N) is 4. The zero-order chi connectivity index (χ0) is 16.6. The van der Waals surface area contributed by atoms with Crippen molar-refractivity contribution in [1.82, 2.24) is 19.9 Å². The number of hydrogen-bond donors (Lipinski definition) is 1. The first kappa shape index (κ1) is 15.4. The second kappa shape index (κ2) is 5.60. The number of aromatic nitrogens is 4. The van der Waals surface area contributed by atoms with Gasteiger partial charge < -0.3 is 5.73 Å². The largest absolute Gasteiger partial charge is 0.434 e. The summed E-state index contributed by atoms with van der Waals surface area (Å²) in [4.78, 5) is 15.9. The van der Waals surface area contributed by atoms with Crippen molar-refractivity contribution in [3.63, 3.8) is 0 Å². The number of alkyl halides is 3. The summed E-state index contributed by atoms with van der Waals surface area (Å²) in [6, 6.07) is 1.36. The van der Waals surface area contributed by atoms with E-state index >= 15 is 0 Å². The van der Waals surface area contributed by atoms with Gasteiger partial charge in [-0.2, -0.15) is 13.2 Å².